The summed E-state index contributed by atoms with van der Waals surface area (Å²) in [5.41, 5.74) is 3.26. The van der Waals surface area contributed by atoms with Crippen molar-refractivity contribution in [2.24, 2.45) is 0 Å². The van der Waals surface area contributed by atoms with E-state index in [0.29, 0.717) is 17.9 Å². The molecule has 7 nitrogen and oxygen atoms in total. The summed E-state index contributed by atoms with van der Waals surface area (Å²) in [5, 5.41) is 6.87. The normalized spacial score (nSPS) is 16.3. The number of aromatic amines is 1. The molecule has 0 unspecified atom stereocenters. The molecule has 3 aromatic rings. The minimum absolute atomic E-state index is 0.117. The fraction of sp³-hybridized carbons (Fsp3) is 0.300. The molecular formula is C20H18F3N5O2. The van der Waals surface area contributed by atoms with Gasteiger partial charge in [0, 0.05) is 23.4 Å². The van der Waals surface area contributed by atoms with Crippen molar-refractivity contribution in [3.05, 3.63) is 59.2 Å². The number of rotatable bonds is 3. The zero-order valence-corrected chi connectivity index (χ0v) is 16.2. The molecule has 0 fully saturated rings. The number of ether oxygens (including phenoxy) is 1. The van der Waals surface area contributed by atoms with E-state index in [1.165, 1.54) is 12.1 Å². The molecule has 4 rings (SSSR count). The van der Waals surface area contributed by atoms with Gasteiger partial charge >= 0.3 is 6.36 Å². The van der Waals surface area contributed by atoms with Crippen molar-refractivity contribution in [3.8, 4) is 17.1 Å². The first-order chi connectivity index (χ1) is 14.2. The lowest BCUT2D eigenvalue weighted by Gasteiger charge is -2.35. The molecule has 1 N–H and O–H groups in total. The fourth-order valence-electron chi connectivity index (χ4n) is 3.60. The number of nitrogens with one attached hydrogen (secondary N) is 1. The summed E-state index contributed by atoms with van der Waals surface area (Å²) < 4.78 is 41.5. The Hall–Kier alpha value is -3.43. The molecule has 3 heterocycles. The number of H-pyrrole nitrogens is 1. The molecule has 2 aromatic heterocycles. The van der Waals surface area contributed by atoms with E-state index in [4.69, 9.17) is 0 Å². The smallest absolute Gasteiger partial charge is 0.406 e. The molecule has 0 saturated heterocycles. The number of alkyl halides is 3. The average molecular weight is 417 g/mol. The van der Waals surface area contributed by atoms with E-state index in [0.717, 1.165) is 29.1 Å². The summed E-state index contributed by atoms with van der Waals surface area (Å²) >= 11 is 0. The second-order valence-electron chi connectivity index (χ2n) is 7.08. The maximum atomic E-state index is 13.1. The summed E-state index contributed by atoms with van der Waals surface area (Å²) in [6.07, 6.45) is -2.68. The van der Waals surface area contributed by atoms with Crippen molar-refractivity contribution in [1.29, 1.82) is 0 Å². The van der Waals surface area contributed by atoms with Gasteiger partial charge in [-0.2, -0.15) is 5.10 Å². The zero-order valence-electron chi connectivity index (χ0n) is 16.2. The highest BCUT2D eigenvalue weighted by atomic mass is 19.4. The number of hydrogen-bond donors (Lipinski definition) is 1. The molecule has 30 heavy (non-hydrogen) atoms. The highest BCUT2D eigenvalue weighted by Crippen LogP contribution is 2.31. The molecule has 0 bridgehead atoms. The van der Waals surface area contributed by atoms with Gasteiger partial charge in [-0.1, -0.05) is 6.07 Å². The Bertz CT molecular complexity index is 1080. The van der Waals surface area contributed by atoms with Crippen LogP contribution in [0.4, 0.5) is 13.2 Å². The molecule has 1 aromatic carbocycles. The number of amides is 1. The van der Waals surface area contributed by atoms with Crippen LogP contribution >= 0.6 is 0 Å². The minimum atomic E-state index is -4.82. The van der Waals surface area contributed by atoms with E-state index in [9.17, 15) is 18.0 Å². The molecule has 0 saturated carbocycles. The molecule has 1 aliphatic heterocycles. The maximum Gasteiger partial charge on any atom is 0.573 e. The van der Waals surface area contributed by atoms with Crippen LogP contribution in [0.25, 0.3) is 11.4 Å². The Morgan fingerprint density at radius 1 is 1.27 bits per heavy atom. The van der Waals surface area contributed by atoms with Gasteiger partial charge in [0.2, 0.25) is 0 Å². The summed E-state index contributed by atoms with van der Waals surface area (Å²) in [6, 6.07) is 6.70. The van der Waals surface area contributed by atoms with Crippen molar-refractivity contribution in [2.75, 3.05) is 0 Å². The van der Waals surface area contributed by atoms with Crippen LogP contribution in [0.1, 0.15) is 34.4 Å². The van der Waals surface area contributed by atoms with Crippen LogP contribution < -0.4 is 4.74 Å². The Kier molecular flexibility index (Phi) is 4.92. The standard InChI is InChI=1S/C20H18F3N5O2/c1-11-8-15-17(25-12(2)26-18(15)16-6-7-24-27-16)10-28(11)19(29)13-4-3-5-14(9-13)30-20(21,22)23/h3-7,9,11H,8,10H2,1-2H3,(H,24,27)/t11-/m0/s1. The van der Waals surface area contributed by atoms with Crippen molar-refractivity contribution in [1.82, 2.24) is 25.1 Å². The average Bonchev–Trinajstić information content (AvgIpc) is 3.20. The van der Waals surface area contributed by atoms with Crippen LogP contribution in [0.15, 0.2) is 36.5 Å². The second-order valence-corrected chi connectivity index (χ2v) is 7.08. The number of halogens is 3. The van der Waals surface area contributed by atoms with E-state index in [1.807, 2.05) is 13.0 Å². The summed E-state index contributed by atoms with van der Waals surface area (Å²) in [4.78, 5) is 23.7. The van der Waals surface area contributed by atoms with Crippen LogP contribution in [0.2, 0.25) is 0 Å². The lowest BCUT2D eigenvalue weighted by atomic mass is 9.95. The Morgan fingerprint density at radius 3 is 2.77 bits per heavy atom. The van der Waals surface area contributed by atoms with Gasteiger partial charge < -0.3 is 9.64 Å². The van der Waals surface area contributed by atoms with Crippen molar-refractivity contribution < 1.29 is 22.7 Å². The van der Waals surface area contributed by atoms with Crippen molar-refractivity contribution in [3.63, 3.8) is 0 Å². The van der Waals surface area contributed by atoms with Crippen molar-refractivity contribution in [2.45, 2.75) is 39.2 Å². The van der Waals surface area contributed by atoms with Crippen LogP contribution in [0, 0.1) is 6.92 Å². The first-order valence-electron chi connectivity index (χ1n) is 9.24. The molecule has 1 atom stereocenters. The number of hydrogen-bond acceptors (Lipinski definition) is 5. The van der Waals surface area contributed by atoms with E-state index < -0.39 is 12.1 Å². The third-order valence-corrected chi connectivity index (χ3v) is 4.89. The number of nitrogens with zero attached hydrogens (tertiary/aromatic N) is 4. The quantitative estimate of drug-likeness (QED) is 0.703. The predicted molar refractivity (Wildman–Crippen MR) is 101 cm³/mol. The number of carbonyl (C=O) groups excluding carboxylic acids is 1. The van der Waals surface area contributed by atoms with Crippen LogP contribution in [0.5, 0.6) is 5.75 Å². The molecule has 0 aliphatic carbocycles. The number of aryl methyl sites for hydroxylation is 1. The number of benzene rings is 1. The van der Waals surface area contributed by atoms with Gasteiger partial charge in [-0.15, -0.1) is 13.2 Å². The van der Waals surface area contributed by atoms with Crippen LogP contribution in [-0.4, -0.2) is 43.4 Å². The van der Waals surface area contributed by atoms with E-state index in [-0.39, 0.29) is 24.1 Å². The van der Waals surface area contributed by atoms with E-state index in [2.05, 4.69) is 24.9 Å². The van der Waals surface area contributed by atoms with Crippen LogP contribution in [-0.2, 0) is 13.0 Å². The highest BCUT2D eigenvalue weighted by molar-refractivity contribution is 5.95. The summed E-state index contributed by atoms with van der Waals surface area (Å²) in [5.74, 6) is -0.265. The molecule has 0 radical (unpaired) electrons. The molecule has 1 amide bonds. The lowest BCUT2D eigenvalue weighted by molar-refractivity contribution is -0.274. The second kappa shape index (κ2) is 7.43. The first kappa shape index (κ1) is 19.9. The molecule has 10 heteroatoms. The zero-order chi connectivity index (χ0) is 21.5. The Balaban J connectivity index is 1.64. The largest absolute Gasteiger partial charge is 0.573 e. The van der Waals surface area contributed by atoms with Gasteiger partial charge in [0.25, 0.3) is 5.91 Å². The number of fused-ring (bicyclic) bond motifs is 1. The van der Waals surface area contributed by atoms with Gasteiger partial charge in [0.1, 0.15) is 11.6 Å². The first-order valence-corrected chi connectivity index (χ1v) is 9.24. The molecule has 0 spiro atoms. The highest BCUT2D eigenvalue weighted by Gasteiger charge is 2.33. The SMILES string of the molecule is Cc1nc2c(c(-c3ccn[nH]3)n1)C[C@H](C)N(C(=O)c1cccc(OC(F)(F)F)c1)C2. The molecule has 156 valence electrons. The monoisotopic (exact) mass is 417 g/mol. The summed E-state index contributed by atoms with van der Waals surface area (Å²) in [6.45, 7) is 3.87. The third kappa shape index (κ3) is 3.98. The molecule has 1 aliphatic rings. The maximum absolute atomic E-state index is 13.1. The van der Waals surface area contributed by atoms with E-state index >= 15 is 0 Å². The van der Waals surface area contributed by atoms with Crippen LogP contribution in [0.3, 0.4) is 0 Å². The fourth-order valence-corrected chi connectivity index (χ4v) is 3.60. The minimum Gasteiger partial charge on any atom is -0.406 e. The third-order valence-electron chi connectivity index (χ3n) is 4.89. The van der Waals surface area contributed by atoms with Gasteiger partial charge in [0.05, 0.1) is 23.6 Å². The van der Waals surface area contributed by atoms with Gasteiger partial charge in [0.15, 0.2) is 0 Å². The van der Waals surface area contributed by atoms with Gasteiger partial charge in [-0.3, -0.25) is 9.89 Å². The van der Waals surface area contributed by atoms with Gasteiger partial charge in [-0.25, -0.2) is 9.97 Å². The predicted octanol–water partition coefficient (Wildman–Crippen LogP) is 3.66. The topological polar surface area (TPSA) is 84.0 Å². The Labute approximate surface area is 169 Å². The van der Waals surface area contributed by atoms with Gasteiger partial charge in [-0.05, 0) is 44.5 Å². The number of aromatic nitrogens is 4. The molecular weight excluding hydrogens is 399 g/mol. The Morgan fingerprint density at radius 2 is 2.07 bits per heavy atom. The lowest BCUT2D eigenvalue weighted by Crippen LogP contribution is -2.43. The van der Waals surface area contributed by atoms with Crippen molar-refractivity contribution >= 4 is 5.91 Å². The van der Waals surface area contributed by atoms with E-state index in [1.54, 1.807) is 18.0 Å². The number of carbonyl (C=O) groups is 1. The summed E-state index contributed by atoms with van der Waals surface area (Å²) in [7, 11) is 0.